The number of nitrogens with zero attached hydrogens (tertiary/aromatic N) is 2. The average Bonchev–Trinajstić information content (AvgIpc) is 2.79. The number of hydrogen-bond donors (Lipinski definition) is 0. The first-order valence-corrected chi connectivity index (χ1v) is 9.77. The maximum Gasteiger partial charge on any atom is 0.263 e. The van der Waals surface area contributed by atoms with E-state index in [1.165, 1.54) is 11.1 Å². The molecule has 1 aliphatic heterocycles. The van der Waals surface area contributed by atoms with Crippen LogP contribution in [0.4, 0.5) is 0 Å². The van der Waals surface area contributed by atoms with Crippen molar-refractivity contribution in [2.75, 3.05) is 6.54 Å². The van der Waals surface area contributed by atoms with Gasteiger partial charge in [0.1, 0.15) is 5.75 Å². The molecular weight excluding hydrogens is 360 g/mol. The molecule has 1 atom stereocenters. The summed E-state index contributed by atoms with van der Waals surface area (Å²) in [7, 11) is 0. The minimum atomic E-state index is -0.541. The largest absolute Gasteiger partial charge is 0.481 e. The molecule has 3 aromatic rings. The van der Waals surface area contributed by atoms with E-state index in [0.717, 1.165) is 24.1 Å². The van der Waals surface area contributed by atoms with Crippen molar-refractivity contribution in [3.05, 3.63) is 89.5 Å². The Morgan fingerprint density at radius 1 is 0.966 bits per heavy atom. The Labute approximate surface area is 171 Å². The summed E-state index contributed by atoms with van der Waals surface area (Å²) in [6, 6.07) is 25.5. The van der Waals surface area contributed by atoms with Gasteiger partial charge in [0.05, 0.1) is 11.6 Å². The van der Waals surface area contributed by atoms with Crippen LogP contribution in [0.5, 0.6) is 5.75 Å². The molecule has 0 saturated heterocycles. The van der Waals surface area contributed by atoms with Crippen LogP contribution in [0.25, 0.3) is 11.1 Å². The SMILES string of the molecule is C[C@H](Oc1ccc(-c2ccc(C#N)cc2)cc1)C(=O)N1CCc2ccccc2C1. The van der Waals surface area contributed by atoms with Gasteiger partial charge < -0.3 is 9.64 Å². The number of fused-ring (bicyclic) bond motifs is 1. The van der Waals surface area contributed by atoms with Crippen LogP contribution in [-0.2, 0) is 17.8 Å². The van der Waals surface area contributed by atoms with E-state index in [0.29, 0.717) is 17.9 Å². The molecule has 144 valence electrons. The lowest BCUT2D eigenvalue weighted by Gasteiger charge is -2.31. The monoisotopic (exact) mass is 382 g/mol. The summed E-state index contributed by atoms with van der Waals surface area (Å²) >= 11 is 0. The van der Waals surface area contributed by atoms with Gasteiger partial charge in [-0.3, -0.25) is 4.79 Å². The molecule has 29 heavy (non-hydrogen) atoms. The van der Waals surface area contributed by atoms with E-state index in [-0.39, 0.29) is 5.91 Å². The number of amides is 1. The van der Waals surface area contributed by atoms with Crippen molar-refractivity contribution >= 4 is 5.91 Å². The zero-order valence-corrected chi connectivity index (χ0v) is 16.3. The number of benzene rings is 3. The quantitative estimate of drug-likeness (QED) is 0.664. The van der Waals surface area contributed by atoms with Crippen LogP contribution in [0.1, 0.15) is 23.6 Å². The smallest absolute Gasteiger partial charge is 0.263 e. The number of rotatable bonds is 4. The van der Waals surface area contributed by atoms with Gasteiger partial charge >= 0.3 is 0 Å². The molecule has 0 aliphatic carbocycles. The maximum atomic E-state index is 12.8. The van der Waals surface area contributed by atoms with Crippen LogP contribution in [0.3, 0.4) is 0 Å². The highest BCUT2D eigenvalue weighted by Gasteiger charge is 2.25. The zero-order chi connectivity index (χ0) is 20.2. The molecule has 0 spiro atoms. The summed E-state index contributed by atoms with van der Waals surface area (Å²) < 4.78 is 5.91. The highest BCUT2D eigenvalue weighted by molar-refractivity contribution is 5.81. The third-order valence-corrected chi connectivity index (χ3v) is 5.30. The second-order valence-corrected chi connectivity index (χ2v) is 7.25. The van der Waals surface area contributed by atoms with Gasteiger partial charge in [-0.05, 0) is 59.9 Å². The molecule has 4 heteroatoms. The minimum Gasteiger partial charge on any atom is -0.481 e. The lowest BCUT2D eigenvalue weighted by Crippen LogP contribution is -2.43. The topological polar surface area (TPSA) is 53.3 Å². The molecule has 0 aromatic heterocycles. The lowest BCUT2D eigenvalue weighted by atomic mass is 9.99. The van der Waals surface area contributed by atoms with Gasteiger partial charge in [-0.2, -0.15) is 5.26 Å². The average molecular weight is 382 g/mol. The van der Waals surface area contributed by atoms with Gasteiger partial charge in [0, 0.05) is 13.1 Å². The summed E-state index contributed by atoms with van der Waals surface area (Å²) in [6.07, 6.45) is 0.342. The minimum absolute atomic E-state index is 0.00988. The number of carbonyl (C=O) groups excluding carboxylic acids is 1. The summed E-state index contributed by atoms with van der Waals surface area (Å²) in [6.45, 7) is 3.17. The molecule has 3 aromatic carbocycles. The fraction of sp³-hybridized carbons (Fsp3) is 0.200. The Kier molecular flexibility index (Phi) is 5.31. The van der Waals surface area contributed by atoms with E-state index < -0.39 is 6.10 Å². The van der Waals surface area contributed by atoms with Crippen molar-refractivity contribution in [1.29, 1.82) is 5.26 Å². The van der Waals surface area contributed by atoms with Crippen molar-refractivity contribution in [2.45, 2.75) is 26.0 Å². The van der Waals surface area contributed by atoms with Crippen molar-refractivity contribution in [2.24, 2.45) is 0 Å². The van der Waals surface area contributed by atoms with Crippen molar-refractivity contribution < 1.29 is 9.53 Å². The molecule has 0 bridgehead atoms. The second-order valence-electron chi connectivity index (χ2n) is 7.25. The molecule has 0 saturated carbocycles. The van der Waals surface area contributed by atoms with Crippen LogP contribution in [0.2, 0.25) is 0 Å². The fourth-order valence-electron chi connectivity index (χ4n) is 3.66. The number of ether oxygens (including phenoxy) is 1. The first-order chi connectivity index (χ1) is 14.1. The van der Waals surface area contributed by atoms with E-state index in [1.54, 1.807) is 19.1 Å². The van der Waals surface area contributed by atoms with Gasteiger partial charge in [0.15, 0.2) is 6.10 Å². The molecule has 1 heterocycles. The summed E-state index contributed by atoms with van der Waals surface area (Å²) in [5, 5.41) is 8.91. The Hall–Kier alpha value is -3.58. The standard InChI is InChI=1S/C25H22N2O2/c1-18(25(28)27-15-14-20-4-2-3-5-23(20)17-27)29-24-12-10-22(11-13-24)21-8-6-19(16-26)7-9-21/h2-13,18H,14-15,17H2,1H3/t18-/m0/s1. The van der Waals surface area contributed by atoms with Crippen LogP contribution in [-0.4, -0.2) is 23.5 Å². The van der Waals surface area contributed by atoms with Gasteiger partial charge in [-0.25, -0.2) is 0 Å². The third-order valence-electron chi connectivity index (χ3n) is 5.30. The Bertz CT molecular complexity index is 1050. The number of carbonyl (C=O) groups is 1. The maximum absolute atomic E-state index is 12.8. The van der Waals surface area contributed by atoms with Crippen LogP contribution in [0.15, 0.2) is 72.8 Å². The molecule has 0 N–H and O–H groups in total. The normalized spacial score (nSPS) is 13.9. The first-order valence-electron chi connectivity index (χ1n) is 9.77. The summed E-state index contributed by atoms with van der Waals surface area (Å²) in [4.78, 5) is 14.7. The predicted octanol–water partition coefficient (Wildman–Crippen LogP) is 4.58. The van der Waals surface area contributed by atoms with E-state index in [9.17, 15) is 4.79 Å². The van der Waals surface area contributed by atoms with E-state index in [2.05, 4.69) is 18.2 Å². The predicted molar refractivity (Wildman–Crippen MR) is 112 cm³/mol. The van der Waals surface area contributed by atoms with Crippen molar-refractivity contribution in [1.82, 2.24) is 4.90 Å². The van der Waals surface area contributed by atoms with Crippen LogP contribution >= 0.6 is 0 Å². The molecule has 0 unspecified atom stereocenters. The summed E-state index contributed by atoms with van der Waals surface area (Å²) in [5.41, 5.74) is 5.25. The third kappa shape index (κ3) is 4.14. The van der Waals surface area contributed by atoms with Gasteiger partial charge in [-0.15, -0.1) is 0 Å². The molecule has 4 rings (SSSR count). The van der Waals surface area contributed by atoms with E-state index in [4.69, 9.17) is 10.00 Å². The fourth-order valence-corrected chi connectivity index (χ4v) is 3.66. The van der Waals surface area contributed by atoms with Crippen LogP contribution < -0.4 is 4.74 Å². The lowest BCUT2D eigenvalue weighted by molar-refractivity contribution is -0.138. The van der Waals surface area contributed by atoms with Gasteiger partial charge in [0.2, 0.25) is 0 Å². The Morgan fingerprint density at radius 3 is 2.24 bits per heavy atom. The molecular formula is C25H22N2O2. The Morgan fingerprint density at radius 2 is 1.59 bits per heavy atom. The highest BCUT2D eigenvalue weighted by Crippen LogP contribution is 2.24. The van der Waals surface area contributed by atoms with Crippen molar-refractivity contribution in [3.8, 4) is 22.9 Å². The zero-order valence-electron chi connectivity index (χ0n) is 16.3. The molecule has 0 radical (unpaired) electrons. The molecule has 4 nitrogen and oxygen atoms in total. The number of hydrogen-bond acceptors (Lipinski definition) is 3. The highest BCUT2D eigenvalue weighted by atomic mass is 16.5. The van der Waals surface area contributed by atoms with Gasteiger partial charge in [0.25, 0.3) is 5.91 Å². The summed E-state index contributed by atoms with van der Waals surface area (Å²) in [5.74, 6) is 0.677. The first kappa shape index (κ1) is 18.8. The number of nitriles is 1. The second kappa shape index (κ2) is 8.20. The van der Waals surface area contributed by atoms with Crippen LogP contribution in [0, 0.1) is 11.3 Å². The molecule has 1 amide bonds. The van der Waals surface area contributed by atoms with E-state index >= 15 is 0 Å². The van der Waals surface area contributed by atoms with Gasteiger partial charge in [-0.1, -0.05) is 48.5 Å². The molecule has 0 fully saturated rings. The van der Waals surface area contributed by atoms with Crippen molar-refractivity contribution in [3.63, 3.8) is 0 Å². The molecule has 1 aliphatic rings. The Balaban J connectivity index is 1.40. The van der Waals surface area contributed by atoms with E-state index in [1.807, 2.05) is 53.4 Å².